The first kappa shape index (κ1) is 18.5. The van der Waals surface area contributed by atoms with E-state index in [1.54, 1.807) is 4.90 Å². The fraction of sp³-hybridized carbons (Fsp3) is 0.600. The van der Waals surface area contributed by atoms with Gasteiger partial charge in [-0.2, -0.15) is 0 Å². The minimum Gasteiger partial charge on any atom is -0.464 e. The third-order valence-electron chi connectivity index (χ3n) is 4.49. The van der Waals surface area contributed by atoms with Crippen LogP contribution in [0.2, 0.25) is 0 Å². The lowest BCUT2D eigenvalue weighted by Crippen LogP contribution is -2.41. The van der Waals surface area contributed by atoms with E-state index in [4.69, 9.17) is 4.74 Å². The number of nitrogens with zero attached hydrogens (tertiary/aromatic N) is 1. The van der Waals surface area contributed by atoms with Crippen molar-refractivity contribution >= 4 is 11.9 Å². The molecule has 0 spiro atoms. The minimum atomic E-state index is -0.382. The van der Waals surface area contributed by atoms with Crippen molar-refractivity contribution in [3.8, 4) is 0 Å². The third-order valence-corrected chi connectivity index (χ3v) is 4.49. The van der Waals surface area contributed by atoms with Gasteiger partial charge in [0.05, 0.1) is 6.61 Å². The molecule has 4 nitrogen and oxygen atoms in total. The van der Waals surface area contributed by atoms with Gasteiger partial charge in [0.1, 0.15) is 6.04 Å². The maximum Gasteiger partial charge on any atom is 0.328 e. The molecule has 1 fully saturated rings. The molecule has 0 aromatic heterocycles. The summed E-state index contributed by atoms with van der Waals surface area (Å²) in [5.74, 6) is 0.441. The standard InChI is InChI=1S/C20H29NO3/c1-16(2)8-7-15-24-20(23)18-11-6-14-21(18)19(22)13-12-17-9-4-3-5-10-17/h3-5,9-10,16,18H,6-8,11-15H2,1-2H3. The zero-order chi connectivity index (χ0) is 17.4. The number of aryl methyl sites for hydroxylation is 1. The number of hydrogen-bond acceptors (Lipinski definition) is 3. The number of esters is 1. The van der Waals surface area contributed by atoms with Crippen LogP contribution < -0.4 is 0 Å². The highest BCUT2D eigenvalue weighted by Gasteiger charge is 2.34. The Labute approximate surface area is 145 Å². The van der Waals surface area contributed by atoms with Gasteiger partial charge in [0, 0.05) is 13.0 Å². The smallest absolute Gasteiger partial charge is 0.328 e. The number of carbonyl (C=O) groups is 2. The van der Waals surface area contributed by atoms with Gasteiger partial charge in [-0.1, -0.05) is 44.2 Å². The summed E-state index contributed by atoms with van der Waals surface area (Å²) >= 11 is 0. The summed E-state index contributed by atoms with van der Waals surface area (Å²) in [7, 11) is 0. The molecular weight excluding hydrogens is 302 g/mol. The van der Waals surface area contributed by atoms with E-state index in [0.717, 1.165) is 31.2 Å². The topological polar surface area (TPSA) is 46.6 Å². The maximum absolute atomic E-state index is 12.5. The molecule has 4 heteroatoms. The molecule has 1 aromatic carbocycles. The van der Waals surface area contributed by atoms with E-state index in [1.807, 2.05) is 30.3 Å². The Hall–Kier alpha value is -1.84. The molecule has 1 unspecified atom stereocenters. The first-order valence-electron chi connectivity index (χ1n) is 9.08. The van der Waals surface area contributed by atoms with Crippen LogP contribution in [0.5, 0.6) is 0 Å². The van der Waals surface area contributed by atoms with Gasteiger partial charge in [-0.3, -0.25) is 4.79 Å². The number of hydrogen-bond donors (Lipinski definition) is 0. The first-order chi connectivity index (χ1) is 11.6. The molecule has 1 heterocycles. The van der Waals surface area contributed by atoms with Crippen molar-refractivity contribution in [3.63, 3.8) is 0 Å². The highest BCUT2D eigenvalue weighted by molar-refractivity contribution is 5.85. The Morgan fingerprint density at radius 3 is 2.71 bits per heavy atom. The van der Waals surface area contributed by atoms with Crippen LogP contribution in [0.4, 0.5) is 0 Å². The molecule has 1 atom stereocenters. The van der Waals surface area contributed by atoms with E-state index >= 15 is 0 Å². The van der Waals surface area contributed by atoms with Crippen molar-refractivity contribution in [1.82, 2.24) is 4.90 Å². The summed E-state index contributed by atoms with van der Waals surface area (Å²) < 4.78 is 5.39. The number of rotatable bonds is 8. The van der Waals surface area contributed by atoms with Gasteiger partial charge >= 0.3 is 5.97 Å². The fourth-order valence-electron chi connectivity index (χ4n) is 3.11. The van der Waals surface area contributed by atoms with E-state index in [2.05, 4.69) is 13.8 Å². The van der Waals surface area contributed by atoms with Gasteiger partial charge in [-0.25, -0.2) is 4.79 Å². The molecule has 1 aromatic rings. The summed E-state index contributed by atoms with van der Waals surface area (Å²) in [4.78, 5) is 26.4. The lowest BCUT2D eigenvalue weighted by atomic mass is 10.1. The van der Waals surface area contributed by atoms with Crippen molar-refractivity contribution in [2.75, 3.05) is 13.2 Å². The quantitative estimate of drug-likeness (QED) is 0.540. The number of carbonyl (C=O) groups excluding carboxylic acids is 2. The Morgan fingerprint density at radius 2 is 2.00 bits per heavy atom. The van der Waals surface area contributed by atoms with Crippen LogP contribution in [0.15, 0.2) is 30.3 Å². The van der Waals surface area contributed by atoms with Crippen LogP contribution >= 0.6 is 0 Å². The highest BCUT2D eigenvalue weighted by atomic mass is 16.5. The first-order valence-corrected chi connectivity index (χ1v) is 9.08. The van der Waals surface area contributed by atoms with Crippen LogP contribution in [-0.2, 0) is 20.7 Å². The predicted octanol–water partition coefficient (Wildman–Crippen LogP) is 3.59. The molecule has 1 saturated heterocycles. The summed E-state index contributed by atoms with van der Waals surface area (Å²) in [6.45, 7) is 5.44. The van der Waals surface area contributed by atoms with Crippen LogP contribution in [-0.4, -0.2) is 36.0 Å². The maximum atomic E-state index is 12.5. The van der Waals surface area contributed by atoms with Crippen LogP contribution in [0.3, 0.4) is 0 Å². The van der Waals surface area contributed by atoms with E-state index in [-0.39, 0.29) is 17.9 Å². The van der Waals surface area contributed by atoms with Crippen molar-refractivity contribution in [2.45, 2.75) is 58.4 Å². The van der Waals surface area contributed by atoms with Crippen LogP contribution in [0.25, 0.3) is 0 Å². The second kappa shape index (κ2) is 9.45. The predicted molar refractivity (Wildman–Crippen MR) is 94.5 cm³/mol. The molecule has 0 saturated carbocycles. The lowest BCUT2D eigenvalue weighted by molar-refractivity contribution is -0.153. The average Bonchev–Trinajstić information content (AvgIpc) is 3.07. The molecule has 0 bridgehead atoms. The van der Waals surface area contributed by atoms with Crippen molar-refractivity contribution in [2.24, 2.45) is 5.92 Å². The highest BCUT2D eigenvalue weighted by Crippen LogP contribution is 2.20. The Bertz CT molecular complexity index is 527. The van der Waals surface area contributed by atoms with Gasteiger partial charge in [0.2, 0.25) is 5.91 Å². The summed E-state index contributed by atoms with van der Waals surface area (Å²) in [6.07, 6.45) is 4.70. The molecule has 0 radical (unpaired) electrons. The SMILES string of the molecule is CC(C)CCCOC(=O)C1CCCN1C(=O)CCc1ccccc1. The van der Waals surface area contributed by atoms with Crippen LogP contribution in [0, 0.1) is 5.92 Å². The molecule has 1 aliphatic heterocycles. The van der Waals surface area contributed by atoms with Crippen molar-refractivity contribution < 1.29 is 14.3 Å². The van der Waals surface area contributed by atoms with E-state index in [9.17, 15) is 9.59 Å². The molecule has 1 aliphatic rings. The molecule has 24 heavy (non-hydrogen) atoms. The second-order valence-electron chi connectivity index (χ2n) is 6.93. The van der Waals surface area contributed by atoms with Gasteiger partial charge in [0.15, 0.2) is 0 Å². The van der Waals surface area contributed by atoms with E-state index in [0.29, 0.717) is 31.9 Å². The summed E-state index contributed by atoms with van der Waals surface area (Å²) in [5.41, 5.74) is 1.15. The second-order valence-corrected chi connectivity index (χ2v) is 6.93. The van der Waals surface area contributed by atoms with Crippen LogP contribution in [0.1, 0.15) is 51.5 Å². The van der Waals surface area contributed by atoms with Gasteiger partial charge < -0.3 is 9.64 Å². The third kappa shape index (κ3) is 5.66. The van der Waals surface area contributed by atoms with Gasteiger partial charge in [0.25, 0.3) is 0 Å². The number of likely N-dealkylation sites (tertiary alicyclic amines) is 1. The normalized spacial score (nSPS) is 17.3. The number of amides is 1. The Balaban J connectivity index is 1.78. The number of benzene rings is 1. The summed E-state index contributed by atoms with van der Waals surface area (Å²) in [6, 6.07) is 9.60. The molecule has 0 aliphatic carbocycles. The monoisotopic (exact) mass is 331 g/mol. The average molecular weight is 331 g/mol. The van der Waals surface area contributed by atoms with Crippen molar-refractivity contribution in [1.29, 1.82) is 0 Å². The molecule has 0 N–H and O–H groups in total. The van der Waals surface area contributed by atoms with E-state index < -0.39 is 0 Å². The zero-order valence-corrected chi connectivity index (χ0v) is 14.9. The number of ether oxygens (including phenoxy) is 1. The fourth-order valence-corrected chi connectivity index (χ4v) is 3.11. The van der Waals surface area contributed by atoms with Crippen molar-refractivity contribution in [3.05, 3.63) is 35.9 Å². The largest absolute Gasteiger partial charge is 0.464 e. The Kier molecular flexibility index (Phi) is 7.29. The minimum absolute atomic E-state index is 0.0560. The lowest BCUT2D eigenvalue weighted by Gasteiger charge is -2.23. The summed E-state index contributed by atoms with van der Waals surface area (Å²) in [5, 5.41) is 0. The Morgan fingerprint density at radius 1 is 1.25 bits per heavy atom. The van der Waals surface area contributed by atoms with E-state index in [1.165, 1.54) is 0 Å². The van der Waals surface area contributed by atoms with Gasteiger partial charge in [-0.15, -0.1) is 0 Å². The molecule has 132 valence electrons. The molecule has 2 rings (SSSR count). The molecule has 1 amide bonds. The zero-order valence-electron chi connectivity index (χ0n) is 14.9. The molecular formula is C20H29NO3. The van der Waals surface area contributed by atoms with Gasteiger partial charge in [-0.05, 0) is 43.6 Å².